The van der Waals surface area contributed by atoms with Crippen LogP contribution in [-0.2, 0) is 13.2 Å². The Hall–Kier alpha value is -3.71. The van der Waals surface area contributed by atoms with Crippen LogP contribution in [0.2, 0.25) is 0 Å². The number of pyridine rings is 1. The summed E-state index contributed by atoms with van der Waals surface area (Å²) in [6, 6.07) is 16.3. The van der Waals surface area contributed by atoms with Gasteiger partial charge in [-0.2, -0.15) is 0 Å². The van der Waals surface area contributed by atoms with E-state index in [4.69, 9.17) is 4.84 Å². The number of hydrogen-bond donors (Lipinski definition) is 2. The Morgan fingerprint density at radius 3 is 2.55 bits per heavy atom. The SMILES string of the molecule is Cc1ncc(COn2c(-c3ccccc3)nc3ccccc3c2=O)c(CO)c1O. The molecular weight excluding hydrogens is 370 g/mol. The van der Waals surface area contributed by atoms with Crippen LogP contribution in [0.5, 0.6) is 5.75 Å². The van der Waals surface area contributed by atoms with Gasteiger partial charge in [-0.1, -0.05) is 42.5 Å². The molecule has 0 atom stereocenters. The second-order valence-electron chi connectivity index (χ2n) is 6.55. The summed E-state index contributed by atoms with van der Waals surface area (Å²) in [7, 11) is 0. The van der Waals surface area contributed by atoms with Gasteiger partial charge in [0, 0.05) is 22.9 Å². The standard InChI is InChI=1S/C22H19N3O4/c1-14-20(27)18(12-26)16(11-23-14)13-29-25-21(15-7-3-2-4-8-15)24-19-10-6-5-9-17(19)22(25)28/h2-11,26-27H,12-13H2,1H3. The average Bonchev–Trinajstić information content (AvgIpc) is 2.76. The summed E-state index contributed by atoms with van der Waals surface area (Å²) < 4.78 is 1.15. The van der Waals surface area contributed by atoms with Gasteiger partial charge in [0.25, 0.3) is 5.56 Å². The summed E-state index contributed by atoms with van der Waals surface area (Å²) in [5, 5.41) is 20.2. The number of aliphatic hydroxyl groups excluding tert-OH is 1. The van der Waals surface area contributed by atoms with Crippen LogP contribution in [0.25, 0.3) is 22.3 Å². The lowest BCUT2D eigenvalue weighted by atomic mass is 10.1. The molecule has 0 bridgehead atoms. The van der Waals surface area contributed by atoms with Crippen molar-refractivity contribution >= 4 is 10.9 Å². The van der Waals surface area contributed by atoms with E-state index in [-0.39, 0.29) is 24.5 Å². The van der Waals surface area contributed by atoms with Gasteiger partial charge in [0.15, 0.2) is 5.82 Å². The molecule has 2 aromatic heterocycles. The first-order chi connectivity index (χ1) is 14.1. The zero-order valence-electron chi connectivity index (χ0n) is 15.7. The van der Waals surface area contributed by atoms with Gasteiger partial charge in [-0.05, 0) is 19.1 Å². The zero-order chi connectivity index (χ0) is 20.4. The van der Waals surface area contributed by atoms with Crippen molar-refractivity contribution in [3.05, 3.63) is 88.0 Å². The number of benzene rings is 2. The van der Waals surface area contributed by atoms with Gasteiger partial charge in [0.2, 0.25) is 0 Å². The third-order valence-corrected chi connectivity index (χ3v) is 4.71. The van der Waals surface area contributed by atoms with Gasteiger partial charge < -0.3 is 15.1 Å². The van der Waals surface area contributed by atoms with Crippen molar-refractivity contribution < 1.29 is 15.1 Å². The summed E-state index contributed by atoms with van der Waals surface area (Å²) in [4.78, 5) is 27.7. The van der Waals surface area contributed by atoms with E-state index >= 15 is 0 Å². The third kappa shape index (κ3) is 3.43. The molecular formula is C22H19N3O4. The molecule has 0 aliphatic rings. The van der Waals surface area contributed by atoms with Crippen molar-refractivity contribution in [2.24, 2.45) is 0 Å². The molecule has 0 amide bonds. The van der Waals surface area contributed by atoms with Crippen molar-refractivity contribution in [1.29, 1.82) is 0 Å². The lowest BCUT2D eigenvalue weighted by molar-refractivity contribution is 0.0903. The molecule has 0 radical (unpaired) electrons. The molecule has 29 heavy (non-hydrogen) atoms. The maximum Gasteiger partial charge on any atom is 0.294 e. The molecule has 7 nitrogen and oxygen atoms in total. The van der Waals surface area contributed by atoms with Crippen LogP contribution in [-0.4, -0.2) is 24.9 Å². The van der Waals surface area contributed by atoms with Crippen LogP contribution in [0.3, 0.4) is 0 Å². The first-order valence-electron chi connectivity index (χ1n) is 9.08. The van der Waals surface area contributed by atoms with Gasteiger partial charge >= 0.3 is 0 Å². The van der Waals surface area contributed by atoms with Crippen LogP contribution in [0.1, 0.15) is 16.8 Å². The van der Waals surface area contributed by atoms with Crippen LogP contribution < -0.4 is 10.4 Å². The van der Waals surface area contributed by atoms with E-state index < -0.39 is 0 Å². The van der Waals surface area contributed by atoms with Gasteiger partial charge in [0.1, 0.15) is 12.4 Å². The Bertz CT molecular complexity index is 1240. The van der Waals surface area contributed by atoms with Crippen LogP contribution >= 0.6 is 0 Å². The Labute approximate surface area is 166 Å². The zero-order valence-corrected chi connectivity index (χ0v) is 15.7. The fourth-order valence-electron chi connectivity index (χ4n) is 3.13. The molecule has 0 aliphatic carbocycles. The summed E-state index contributed by atoms with van der Waals surface area (Å²) in [6.07, 6.45) is 1.52. The minimum absolute atomic E-state index is 0.0729. The third-order valence-electron chi connectivity index (χ3n) is 4.71. The molecule has 0 unspecified atom stereocenters. The van der Waals surface area contributed by atoms with Gasteiger partial charge in [-0.15, -0.1) is 4.73 Å². The van der Waals surface area contributed by atoms with Crippen LogP contribution in [0, 0.1) is 6.92 Å². The minimum atomic E-state index is -0.371. The van der Waals surface area contributed by atoms with Crippen molar-refractivity contribution in [1.82, 2.24) is 14.7 Å². The number of aliphatic hydroxyl groups is 1. The van der Waals surface area contributed by atoms with E-state index in [1.165, 1.54) is 6.20 Å². The van der Waals surface area contributed by atoms with Crippen molar-refractivity contribution in [3.8, 4) is 17.1 Å². The number of aryl methyl sites for hydroxylation is 1. The molecule has 2 aromatic carbocycles. The number of hydrogen-bond acceptors (Lipinski definition) is 6. The van der Waals surface area contributed by atoms with E-state index in [0.717, 1.165) is 10.3 Å². The van der Waals surface area contributed by atoms with Gasteiger partial charge in [-0.25, -0.2) is 4.98 Å². The smallest absolute Gasteiger partial charge is 0.294 e. The van der Waals surface area contributed by atoms with Crippen molar-refractivity contribution in [2.45, 2.75) is 20.1 Å². The van der Waals surface area contributed by atoms with E-state index in [9.17, 15) is 15.0 Å². The van der Waals surface area contributed by atoms with E-state index in [2.05, 4.69) is 9.97 Å². The molecule has 0 fully saturated rings. The highest BCUT2D eigenvalue weighted by Crippen LogP contribution is 2.24. The molecule has 0 aliphatic heterocycles. The quantitative estimate of drug-likeness (QED) is 0.545. The number of fused-ring (bicyclic) bond motifs is 1. The van der Waals surface area contributed by atoms with E-state index in [0.29, 0.717) is 33.5 Å². The number of aromatic nitrogens is 3. The molecule has 0 saturated heterocycles. The molecule has 2 heterocycles. The van der Waals surface area contributed by atoms with Crippen LogP contribution in [0.15, 0.2) is 65.6 Å². The lowest BCUT2D eigenvalue weighted by Gasteiger charge is -2.16. The molecule has 146 valence electrons. The topological polar surface area (TPSA) is 97.5 Å². The number of aromatic hydroxyl groups is 1. The maximum atomic E-state index is 13.1. The minimum Gasteiger partial charge on any atom is -0.506 e. The van der Waals surface area contributed by atoms with Gasteiger partial charge in [0.05, 0.1) is 23.2 Å². The molecule has 2 N–H and O–H groups in total. The normalized spacial score (nSPS) is 11.0. The summed E-state index contributed by atoms with van der Waals surface area (Å²) >= 11 is 0. The van der Waals surface area contributed by atoms with Gasteiger partial charge in [-0.3, -0.25) is 9.78 Å². The number of rotatable bonds is 5. The summed E-state index contributed by atoms with van der Waals surface area (Å²) in [6.45, 7) is 1.20. The molecule has 0 saturated carbocycles. The Kier molecular flexibility index (Phi) is 4.97. The first kappa shape index (κ1) is 18.6. The predicted molar refractivity (Wildman–Crippen MR) is 108 cm³/mol. The summed E-state index contributed by atoms with van der Waals surface area (Å²) in [5.74, 6) is 0.282. The van der Waals surface area contributed by atoms with Crippen molar-refractivity contribution in [2.75, 3.05) is 0 Å². The summed E-state index contributed by atoms with van der Waals surface area (Å²) in [5.41, 5.74) is 2.16. The highest BCUT2D eigenvalue weighted by Gasteiger charge is 2.16. The van der Waals surface area contributed by atoms with Crippen molar-refractivity contribution in [3.63, 3.8) is 0 Å². The van der Waals surface area contributed by atoms with Crippen LogP contribution in [0.4, 0.5) is 0 Å². The fourth-order valence-corrected chi connectivity index (χ4v) is 3.13. The predicted octanol–water partition coefficient (Wildman–Crippen LogP) is 2.59. The largest absolute Gasteiger partial charge is 0.506 e. The van der Waals surface area contributed by atoms with E-state index in [1.54, 1.807) is 25.1 Å². The Balaban J connectivity index is 1.82. The monoisotopic (exact) mass is 389 g/mol. The highest BCUT2D eigenvalue weighted by molar-refractivity contribution is 5.79. The molecule has 4 rings (SSSR count). The lowest BCUT2D eigenvalue weighted by Crippen LogP contribution is -2.29. The second-order valence-corrected chi connectivity index (χ2v) is 6.55. The molecule has 0 spiro atoms. The highest BCUT2D eigenvalue weighted by atomic mass is 16.7. The van der Waals surface area contributed by atoms with E-state index in [1.807, 2.05) is 36.4 Å². The Morgan fingerprint density at radius 2 is 1.79 bits per heavy atom. The maximum absolute atomic E-state index is 13.1. The number of para-hydroxylation sites is 1. The number of nitrogens with zero attached hydrogens (tertiary/aromatic N) is 3. The Morgan fingerprint density at radius 1 is 1.07 bits per heavy atom. The molecule has 7 heteroatoms. The second kappa shape index (κ2) is 7.73. The fraction of sp³-hybridized carbons (Fsp3) is 0.136. The first-order valence-corrected chi connectivity index (χ1v) is 9.08. The average molecular weight is 389 g/mol. The molecule has 4 aromatic rings.